The zero-order valence-corrected chi connectivity index (χ0v) is 13.9. The molecule has 1 heterocycles. The second-order valence-corrected chi connectivity index (χ2v) is 6.02. The summed E-state index contributed by atoms with van der Waals surface area (Å²) >= 11 is 0. The van der Waals surface area contributed by atoms with Gasteiger partial charge in [-0.1, -0.05) is 18.2 Å². The lowest BCUT2D eigenvalue weighted by molar-refractivity contribution is 0.207. The maximum atomic E-state index is 13.6. The van der Waals surface area contributed by atoms with Gasteiger partial charge in [0, 0.05) is 12.2 Å². The minimum Gasteiger partial charge on any atom is -0.497 e. The number of anilines is 1. The number of carbonyl (C=O) groups is 1. The standard InChI is InChI=1S/C19H21FN2O2/c1-13-5-8-15(12-17(13)20)21-19(23)22-11-3-4-18(22)14-6-9-16(24-2)10-7-14/h5-10,12,18H,3-4,11H2,1-2H3,(H,21,23). The average Bonchev–Trinajstić information content (AvgIpc) is 3.08. The number of hydrogen-bond acceptors (Lipinski definition) is 2. The molecule has 1 N–H and O–H groups in total. The van der Waals surface area contributed by atoms with E-state index >= 15 is 0 Å². The summed E-state index contributed by atoms with van der Waals surface area (Å²) in [7, 11) is 1.63. The second kappa shape index (κ2) is 6.91. The van der Waals surface area contributed by atoms with Crippen molar-refractivity contribution >= 4 is 11.7 Å². The molecule has 24 heavy (non-hydrogen) atoms. The number of rotatable bonds is 3. The summed E-state index contributed by atoms with van der Waals surface area (Å²) in [5.74, 6) is 0.476. The molecule has 1 unspecified atom stereocenters. The highest BCUT2D eigenvalue weighted by Crippen LogP contribution is 2.33. The van der Waals surface area contributed by atoms with Crippen LogP contribution < -0.4 is 10.1 Å². The van der Waals surface area contributed by atoms with Crippen LogP contribution in [0, 0.1) is 12.7 Å². The Morgan fingerprint density at radius 1 is 1.25 bits per heavy atom. The molecule has 126 valence electrons. The molecule has 5 heteroatoms. The van der Waals surface area contributed by atoms with Gasteiger partial charge in [-0.2, -0.15) is 0 Å². The lowest BCUT2D eigenvalue weighted by Crippen LogP contribution is -2.34. The molecule has 1 atom stereocenters. The average molecular weight is 328 g/mol. The zero-order valence-electron chi connectivity index (χ0n) is 13.9. The molecule has 4 nitrogen and oxygen atoms in total. The summed E-state index contributed by atoms with van der Waals surface area (Å²) in [6.45, 7) is 2.39. The zero-order chi connectivity index (χ0) is 17.1. The van der Waals surface area contributed by atoms with Gasteiger partial charge in [-0.15, -0.1) is 0 Å². The first-order chi connectivity index (χ1) is 11.6. The Bertz CT molecular complexity index is 731. The topological polar surface area (TPSA) is 41.6 Å². The van der Waals surface area contributed by atoms with Crippen LogP contribution in [-0.4, -0.2) is 24.6 Å². The lowest BCUT2D eigenvalue weighted by atomic mass is 10.0. The van der Waals surface area contributed by atoms with Crippen LogP contribution in [0.3, 0.4) is 0 Å². The van der Waals surface area contributed by atoms with Crippen molar-refractivity contribution in [2.45, 2.75) is 25.8 Å². The minimum atomic E-state index is -0.319. The van der Waals surface area contributed by atoms with Crippen molar-refractivity contribution in [3.8, 4) is 5.75 Å². The number of nitrogens with one attached hydrogen (secondary N) is 1. The third kappa shape index (κ3) is 3.35. The van der Waals surface area contributed by atoms with Crippen LogP contribution in [0.15, 0.2) is 42.5 Å². The number of benzene rings is 2. The highest BCUT2D eigenvalue weighted by molar-refractivity contribution is 5.89. The van der Waals surface area contributed by atoms with Crippen molar-refractivity contribution in [1.82, 2.24) is 4.90 Å². The summed E-state index contributed by atoms with van der Waals surface area (Å²) in [6.07, 6.45) is 1.87. The maximum Gasteiger partial charge on any atom is 0.322 e. The number of nitrogens with zero attached hydrogens (tertiary/aromatic N) is 1. The Kier molecular flexibility index (Phi) is 4.69. The predicted octanol–water partition coefficient (Wildman–Crippen LogP) is 4.51. The highest BCUT2D eigenvalue weighted by atomic mass is 19.1. The SMILES string of the molecule is COc1ccc(C2CCCN2C(=O)Nc2ccc(C)c(F)c2)cc1. The van der Waals surface area contributed by atoms with Gasteiger partial charge in [-0.3, -0.25) is 0 Å². The molecule has 2 aromatic rings. The van der Waals surface area contributed by atoms with Crippen LogP contribution in [-0.2, 0) is 0 Å². The van der Waals surface area contributed by atoms with Gasteiger partial charge in [0.05, 0.1) is 13.2 Å². The first kappa shape index (κ1) is 16.3. The molecule has 2 aromatic carbocycles. The third-order valence-electron chi connectivity index (χ3n) is 4.44. The molecule has 0 saturated carbocycles. The monoisotopic (exact) mass is 328 g/mol. The number of amides is 2. The molecule has 0 radical (unpaired) electrons. The van der Waals surface area contributed by atoms with Crippen molar-refractivity contribution in [3.63, 3.8) is 0 Å². The van der Waals surface area contributed by atoms with Gasteiger partial charge in [0.1, 0.15) is 11.6 Å². The Balaban J connectivity index is 1.74. The van der Waals surface area contributed by atoms with E-state index in [4.69, 9.17) is 4.74 Å². The number of carbonyl (C=O) groups excluding carboxylic acids is 1. The van der Waals surface area contributed by atoms with Crippen LogP contribution in [0.25, 0.3) is 0 Å². The van der Waals surface area contributed by atoms with Gasteiger partial charge in [0.2, 0.25) is 0 Å². The smallest absolute Gasteiger partial charge is 0.322 e. The number of methoxy groups -OCH3 is 1. The van der Waals surface area contributed by atoms with Gasteiger partial charge < -0.3 is 15.0 Å². The second-order valence-electron chi connectivity index (χ2n) is 6.02. The Morgan fingerprint density at radius 3 is 2.67 bits per heavy atom. The van der Waals surface area contributed by atoms with E-state index in [-0.39, 0.29) is 17.9 Å². The molecule has 1 aliphatic rings. The summed E-state index contributed by atoms with van der Waals surface area (Å²) in [5.41, 5.74) is 2.12. The van der Waals surface area contributed by atoms with E-state index in [9.17, 15) is 9.18 Å². The number of aryl methyl sites for hydroxylation is 1. The maximum absolute atomic E-state index is 13.6. The van der Waals surface area contributed by atoms with Crippen molar-refractivity contribution < 1.29 is 13.9 Å². The van der Waals surface area contributed by atoms with Crippen LogP contribution >= 0.6 is 0 Å². The number of likely N-dealkylation sites (tertiary alicyclic amines) is 1. The molecule has 1 saturated heterocycles. The van der Waals surface area contributed by atoms with Crippen molar-refractivity contribution in [1.29, 1.82) is 0 Å². The Morgan fingerprint density at radius 2 is 2.00 bits per heavy atom. The van der Waals surface area contributed by atoms with Gasteiger partial charge in [0.15, 0.2) is 0 Å². The number of urea groups is 1. The minimum absolute atomic E-state index is 0.0335. The molecule has 1 fully saturated rings. The highest BCUT2D eigenvalue weighted by Gasteiger charge is 2.30. The van der Waals surface area contributed by atoms with Crippen LogP contribution in [0.1, 0.15) is 30.0 Å². The largest absolute Gasteiger partial charge is 0.497 e. The van der Waals surface area contributed by atoms with Crippen LogP contribution in [0.5, 0.6) is 5.75 Å². The first-order valence-electron chi connectivity index (χ1n) is 8.06. The van der Waals surface area contributed by atoms with Gasteiger partial charge in [-0.05, 0) is 55.2 Å². The molecule has 2 amide bonds. The van der Waals surface area contributed by atoms with Gasteiger partial charge in [0.25, 0.3) is 0 Å². The fourth-order valence-corrected chi connectivity index (χ4v) is 3.05. The molecule has 1 aliphatic heterocycles. The van der Waals surface area contributed by atoms with Crippen molar-refractivity contribution in [2.75, 3.05) is 19.0 Å². The number of hydrogen-bond donors (Lipinski definition) is 1. The molecule has 0 bridgehead atoms. The van der Waals surface area contributed by atoms with Gasteiger partial charge >= 0.3 is 6.03 Å². The summed E-state index contributed by atoms with van der Waals surface area (Å²) in [6, 6.07) is 12.3. The van der Waals surface area contributed by atoms with E-state index in [0.29, 0.717) is 17.8 Å². The molecule has 0 spiro atoms. The van der Waals surface area contributed by atoms with Crippen LogP contribution in [0.4, 0.5) is 14.9 Å². The van der Waals surface area contributed by atoms with Crippen molar-refractivity contribution in [3.05, 3.63) is 59.4 Å². The van der Waals surface area contributed by atoms with E-state index in [1.807, 2.05) is 24.3 Å². The first-order valence-corrected chi connectivity index (χ1v) is 8.06. The normalized spacial score (nSPS) is 17.0. The summed E-state index contributed by atoms with van der Waals surface area (Å²) < 4.78 is 18.8. The third-order valence-corrected chi connectivity index (χ3v) is 4.44. The number of ether oxygens (including phenoxy) is 1. The predicted molar refractivity (Wildman–Crippen MR) is 91.8 cm³/mol. The molecule has 0 aliphatic carbocycles. The Labute approximate surface area is 141 Å². The van der Waals surface area contributed by atoms with Crippen LogP contribution in [0.2, 0.25) is 0 Å². The Hall–Kier alpha value is -2.56. The molecule has 0 aromatic heterocycles. The van der Waals surface area contributed by atoms with Gasteiger partial charge in [-0.25, -0.2) is 9.18 Å². The summed E-state index contributed by atoms with van der Waals surface area (Å²) in [4.78, 5) is 14.4. The molecular formula is C19H21FN2O2. The summed E-state index contributed by atoms with van der Waals surface area (Å²) in [5, 5.41) is 2.80. The van der Waals surface area contributed by atoms with E-state index in [1.165, 1.54) is 6.07 Å². The fraction of sp³-hybridized carbons (Fsp3) is 0.316. The fourth-order valence-electron chi connectivity index (χ4n) is 3.05. The van der Waals surface area contributed by atoms with E-state index in [2.05, 4.69) is 5.32 Å². The quantitative estimate of drug-likeness (QED) is 0.900. The van der Waals surface area contributed by atoms with E-state index < -0.39 is 0 Å². The van der Waals surface area contributed by atoms with E-state index in [1.54, 1.807) is 31.1 Å². The molecular weight excluding hydrogens is 307 g/mol. The lowest BCUT2D eigenvalue weighted by Gasteiger charge is -2.25. The van der Waals surface area contributed by atoms with E-state index in [0.717, 1.165) is 24.2 Å². The molecule has 3 rings (SSSR count). The number of halogens is 1. The van der Waals surface area contributed by atoms with Crippen molar-refractivity contribution in [2.24, 2.45) is 0 Å².